The fourth-order valence-electron chi connectivity index (χ4n) is 3.37. The van der Waals surface area contributed by atoms with E-state index in [1.54, 1.807) is 0 Å². The summed E-state index contributed by atoms with van der Waals surface area (Å²) in [4.78, 5) is 11.2. The Hall–Kier alpha value is -0.370. The zero-order valence-electron chi connectivity index (χ0n) is 12.4. The van der Waals surface area contributed by atoms with Crippen molar-refractivity contribution < 1.29 is 9.53 Å². The highest BCUT2D eigenvalue weighted by Crippen LogP contribution is 2.48. The molecule has 1 saturated heterocycles. The van der Waals surface area contributed by atoms with Gasteiger partial charge in [-0.3, -0.25) is 0 Å². The molecule has 0 radical (unpaired) electrons. The number of aldehydes is 1. The molecule has 0 aromatic carbocycles. The van der Waals surface area contributed by atoms with E-state index >= 15 is 0 Å². The van der Waals surface area contributed by atoms with Crippen LogP contribution in [0.15, 0.2) is 0 Å². The van der Waals surface area contributed by atoms with Gasteiger partial charge in [-0.05, 0) is 24.2 Å². The molecular weight excluding hydrogens is 212 g/mol. The van der Waals surface area contributed by atoms with Crippen molar-refractivity contribution >= 4 is 6.29 Å². The van der Waals surface area contributed by atoms with Crippen LogP contribution < -0.4 is 0 Å². The second kappa shape index (κ2) is 4.72. The van der Waals surface area contributed by atoms with E-state index < -0.39 is 0 Å². The molecule has 0 bridgehead atoms. The molecule has 0 unspecified atom stereocenters. The highest BCUT2D eigenvalue weighted by molar-refractivity contribution is 5.59. The quantitative estimate of drug-likeness (QED) is 0.701. The number of carbonyl (C=O) groups is 1. The first kappa shape index (κ1) is 14.7. The molecule has 2 nitrogen and oxygen atoms in total. The zero-order valence-corrected chi connectivity index (χ0v) is 12.4. The average molecular weight is 240 g/mol. The summed E-state index contributed by atoms with van der Waals surface area (Å²) >= 11 is 0. The van der Waals surface area contributed by atoms with Crippen LogP contribution in [0, 0.1) is 23.2 Å². The molecular formula is C15H28O2. The van der Waals surface area contributed by atoms with E-state index in [1.807, 2.05) is 13.8 Å². The summed E-state index contributed by atoms with van der Waals surface area (Å²) in [6.07, 6.45) is 2.15. The van der Waals surface area contributed by atoms with Gasteiger partial charge in [0.15, 0.2) is 0 Å². The first-order valence-electron chi connectivity index (χ1n) is 6.81. The summed E-state index contributed by atoms with van der Waals surface area (Å²) in [7, 11) is 0. The minimum Gasteiger partial charge on any atom is -0.370 e. The van der Waals surface area contributed by atoms with Crippen LogP contribution in [-0.2, 0) is 9.53 Å². The summed E-state index contributed by atoms with van der Waals surface area (Å²) in [5.41, 5.74) is -0.449. The van der Waals surface area contributed by atoms with Crippen molar-refractivity contribution in [3.63, 3.8) is 0 Å². The van der Waals surface area contributed by atoms with Crippen LogP contribution in [-0.4, -0.2) is 18.0 Å². The van der Waals surface area contributed by atoms with Crippen LogP contribution in [0.2, 0.25) is 0 Å². The minimum atomic E-state index is -0.384. The van der Waals surface area contributed by atoms with E-state index in [1.165, 1.54) is 0 Å². The van der Waals surface area contributed by atoms with Crippen molar-refractivity contribution in [3.8, 4) is 0 Å². The van der Waals surface area contributed by atoms with E-state index in [2.05, 4.69) is 34.6 Å². The Balaban J connectivity index is 3.01. The van der Waals surface area contributed by atoms with Gasteiger partial charge in [0.25, 0.3) is 0 Å². The Morgan fingerprint density at radius 1 is 1.24 bits per heavy atom. The SMILES string of the molecule is CC(C)C1(C(C)C)C[C@H](C)[C@@H](C(C)(C)C=O)O1. The van der Waals surface area contributed by atoms with Gasteiger partial charge in [0.2, 0.25) is 0 Å². The number of hydrogen-bond donors (Lipinski definition) is 0. The van der Waals surface area contributed by atoms with Crippen molar-refractivity contribution in [2.75, 3.05) is 0 Å². The molecule has 2 atom stereocenters. The lowest BCUT2D eigenvalue weighted by Gasteiger charge is -2.39. The molecule has 0 aromatic rings. The van der Waals surface area contributed by atoms with Gasteiger partial charge in [-0.1, -0.05) is 48.5 Å². The Morgan fingerprint density at radius 2 is 1.71 bits per heavy atom. The van der Waals surface area contributed by atoms with Gasteiger partial charge >= 0.3 is 0 Å². The lowest BCUT2D eigenvalue weighted by molar-refractivity contribution is -0.145. The summed E-state index contributed by atoms with van der Waals surface area (Å²) in [5, 5.41) is 0. The molecule has 0 N–H and O–H groups in total. The molecule has 1 fully saturated rings. The maximum Gasteiger partial charge on any atom is 0.128 e. The molecule has 1 aliphatic rings. The molecule has 1 heterocycles. The normalized spacial score (nSPS) is 29.0. The third-order valence-electron chi connectivity index (χ3n) is 4.50. The fraction of sp³-hybridized carbons (Fsp3) is 0.933. The second-order valence-corrected chi connectivity index (χ2v) is 6.92. The Labute approximate surface area is 106 Å². The maximum absolute atomic E-state index is 11.2. The van der Waals surface area contributed by atoms with Crippen molar-refractivity contribution in [2.45, 2.75) is 66.6 Å². The molecule has 1 aliphatic heterocycles. The van der Waals surface area contributed by atoms with Crippen LogP contribution in [0.25, 0.3) is 0 Å². The lowest BCUT2D eigenvalue weighted by Crippen LogP contribution is -2.43. The molecule has 17 heavy (non-hydrogen) atoms. The summed E-state index contributed by atoms with van der Waals surface area (Å²) in [5.74, 6) is 1.41. The molecule has 1 rings (SSSR count). The van der Waals surface area contributed by atoms with Gasteiger partial charge in [0.05, 0.1) is 11.7 Å². The van der Waals surface area contributed by atoms with E-state index in [-0.39, 0.29) is 17.1 Å². The number of carbonyl (C=O) groups excluding carboxylic acids is 1. The molecule has 2 heteroatoms. The highest BCUT2D eigenvalue weighted by Gasteiger charge is 2.52. The largest absolute Gasteiger partial charge is 0.370 e. The third-order valence-corrected chi connectivity index (χ3v) is 4.50. The fourth-order valence-corrected chi connectivity index (χ4v) is 3.37. The first-order valence-corrected chi connectivity index (χ1v) is 6.81. The topological polar surface area (TPSA) is 26.3 Å². The van der Waals surface area contributed by atoms with Crippen molar-refractivity contribution in [1.82, 2.24) is 0 Å². The Bertz CT molecular complexity index is 271. The van der Waals surface area contributed by atoms with E-state index in [0.29, 0.717) is 17.8 Å². The summed E-state index contributed by atoms with van der Waals surface area (Å²) < 4.78 is 6.41. The highest BCUT2D eigenvalue weighted by atomic mass is 16.5. The standard InChI is InChI=1S/C15H28O2/c1-10(2)15(11(3)4)8-12(5)13(17-15)14(6,7)9-16/h9-13H,8H2,1-7H3/t12-,13-/m0/s1. The molecule has 0 spiro atoms. The number of hydrogen-bond acceptors (Lipinski definition) is 2. The minimum absolute atomic E-state index is 0.0461. The van der Waals surface area contributed by atoms with Crippen LogP contribution in [0.3, 0.4) is 0 Å². The number of ether oxygens (including phenoxy) is 1. The Morgan fingerprint density at radius 3 is 2.00 bits per heavy atom. The van der Waals surface area contributed by atoms with Gasteiger partial charge in [-0.2, -0.15) is 0 Å². The van der Waals surface area contributed by atoms with Gasteiger partial charge in [0.1, 0.15) is 6.29 Å². The van der Waals surface area contributed by atoms with Crippen molar-refractivity contribution in [3.05, 3.63) is 0 Å². The van der Waals surface area contributed by atoms with Gasteiger partial charge in [-0.15, -0.1) is 0 Å². The molecule has 0 aliphatic carbocycles. The lowest BCUT2D eigenvalue weighted by atomic mass is 9.75. The third kappa shape index (κ3) is 2.42. The molecule has 0 aromatic heterocycles. The van der Waals surface area contributed by atoms with E-state index in [0.717, 1.165) is 12.7 Å². The maximum atomic E-state index is 11.2. The van der Waals surface area contributed by atoms with E-state index in [4.69, 9.17) is 4.74 Å². The van der Waals surface area contributed by atoms with E-state index in [9.17, 15) is 4.79 Å². The smallest absolute Gasteiger partial charge is 0.128 e. The first-order chi connectivity index (χ1) is 7.67. The van der Waals surface area contributed by atoms with Gasteiger partial charge < -0.3 is 9.53 Å². The van der Waals surface area contributed by atoms with Crippen molar-refractivity contribution in [2.24, 2.45) is 23.2 Å². The summed E-state index contributed by atoms with van der Waals surface area (Å²) in [6, 6.07) is 0. The van der Waals surface area contributed by atoms with Crippen LogP contribution in [0.1, 0.15) is 54.9 Å². The average Bonchev–Trinajstić information content (AvgIpc) is 2.58. The van der Waals surface area contributed by atoms with Crippen LogP contribution >= 0.6 is 0 Å². The molecule has 0 amide bonds. The second-order valence-electron chi connectivity index (χ2n) is 6.92. The van der Waals surface area contributed by atoms with Crippen LogP contribution in [0.5, 0.6) is 0 Å². The zero-order chi connectivity index (χ0) is 13.4. The Kier molecular flexibility index (Phi) is 4.08. The molecule has 0 saturated carbocycles. The number of rotatable bonds is 4. The van der Waals surface area contributed by atoms with Crippen molar-refractivity contribution in [1.29, 1.82) is 0 Å². The van der Waals surface area contributed by atoms with Gasteiger partial charge in [0, 0.05) is 5.41 Å². The van der Waals surface area contributed by atoms with Gasteiger partial charge in [-0.25, -0.2) is 0 Å². The molecule has 100 valence electrons. The summed E-state index contributed by atoms with van der Waals surface area (Å²) in [6.45, 7) is 15.1. The predicted molar refractivity (Wildman–Crippen MR) is 70.9 cm³/mol. The predicted octanol–water partition coefficient (Wildman–Crippen LogP) is 3.69. The van der Waals surface area contributed by atoms with Crippen LogP contribution in [0.4, 0.5) is 0 Å². The monoisotopic (exact) mass is 240 g/mol.